The van der Waals surface area contributed by atoms with E-state index in [1.807, 2.05) is 4.68 Å². The van der Waals surface area contributed by atoms with Crippen LogP contribution in [0.4, 0.5) is 0 Å². The lowest BCUT2D eigenvalue weighted by Crippen LogP contribution is -2.36. The first-order chi connectivity index (χ1) is 10.2. The van der Waals surface area contributed by atoms with Gasteiger partial charge in [0.2, 0.25) is 11.8 Å². The fraction of sp³-hybridized carbons (Fsp3) is 0.714. The minimum absolute atomic E-state index is 0.285. The molecule has 0 saturated carbocycles. The first kappa shape index (κ1) is 14.2. The maximum Gasteiger partial charge on any atom is 0.230 e. The Bertz CT molecular complexity index is 550. The number of hydrogen-bond acceptors (Lipinski definition) is 6. The third kappa shape index (κ3) is 3.66. The van der Waals surface area contributed by atoms with Crippen molar-refractivity contribution in [3.8, 4) is 0 Å². The van der Waals surface area contributed by atoms with Crippen LogP contribution in [0.15, 0.2) is 17.1 Å². The zero-order valence-corrected chi connectivity index (χ0v) is 12.6. The van der Waals surface area contributed by atoms with E-state index < -0.39 is 0 Å². The van der Waals surface area contributed by atoms with Gasteiger partial charge in [0, 0.05) is 19.0 Å². The molecule has 3 heterocycles. The van der Waals surface area contributed by atoms with Crippen molar-refractivity contribution in [2.24, 2.45) is 5.92 Å². The first-order valence-corrected chi connectivity index (χ1v) is 7.57. The summed E-state index contributed by atoms with van der Waals surface area (Å²) >= 11 is 0. The van der Waals surface area contributed by atoms with E-state index in [9.17, 15) is 0 Å². The fourth-order valence-corrected chi connectivity index (χ4v) is 2.79. The molecule has 2 aromatic rings. The molecule has 0 radical (unpaired) electrons. The normalized spacial score (nSPS) is 20.2. The van der Waals surface area contributed by atoms with Crippen LogP contribution in [0.25, 0.3) is 0 Å². The van der Waals surface area contributed by atoms with E-state index in [4.69, 9.17) is 4.42 Å². The minimum atomic E-state index is 0.285. The van der Waals surface area contributed by atoms with Gasteiger partial charge in [0.25, 0.3) is 0 Å². The zero-order chi connectivity index (χ0) is 14.7. The molecule has 21 heavy (non-hydrogen) atoms. The van der Waals surface area contributed by atoms with Gasteiger partial charge in [0.05, 0.1) is 6.54 Å². The highest BCUT2D eigenvalue weighted by Crippen LogP contribution is 2.20. The van der Waals surface area contributed by atoms with Crippen molar-refractivity contribution in [2.45, 2.75) is 45.7 Å². The molecule has 1 saturated heterocycles. The molecule has 0 spiro atoms. The summed E-state index contributed by atoms with van der Waals surface area (Å²) in [5, 5.41) is 12.4. The van der Waals surface area contributed by atoms with Crippen LogP contribution in [0, 0.1) is 5.92 Å². The Morgan fingerprint density at radius 1 is 1.38 bits per heavy atom. The highest BCUT2D eigenvalue weighted by atomic mass is 16.4. The number of hydrogen-bond donors (Lipinski definition) is 0. The van der Waals surface area contributed by atoms with Gasteiger partial charge in [-0.15, -0.1) is 10.2 Å². The van der Waals surface area contributed by atoms with Gasteiger partial charge in [0.15, 0.2) is 0 Å². The quantitative estimate of drug-likeness (QED) is 0.834. The second kappa shape index (κ2) is 6.34. The zero-order valence-electron chi connectivity index (χ0n) is 12.6. The van der Waals surface area contributed by atoms with Crippen LogP contribution in [-0.4, -0.2) is 43.0 Å². The topological polar surface area (TPSA) is 72.9 Å². The molecule has 1 fully saturated rings. The van der Waals surface area contributed by atoms with Gasteiger partial charge in [-0.05, 0) is 25.3 Å². The fourth-order valence-electron chi connectivity index (χ4n) is 2.79. The molecule has 3 rings (SSSR count). The van der Waals surface area contributed by atoms with Crippen LogP contribution >= 0.6 is 0 Å². The molecule has 2 aromatic heterocycles. The van der Waals surface area contributed by atoms with Gasteiger partial charge in [-0.1, -0.05) is 13.8 Å². The summed E-state index contributed by atoms with van der Waals surface area (Å²) < 4.78 is 7.61. The van der Waals surface area contributed by atoms with Gasteiger partial charge >= 0.3 is 0 Å². The molecule has 1 unspecified atom stereocenters. The maximum atomic E-state index is 5.70. The summed E-state index contributed by atoms with van der Waals surface area (Å²) in [7, 11) is 0. The predicted molar refractivity (Wildman–Crippen MR) is 76.4 cm³/mol. The molecule has 0 amide bonds. The van der Waals surface area contributed by atoms with Crippen LogP contribution in [0.2, 0.25) is 0 Å². The van der Waals surface area contributed by atoms with Crippen molar-refractivity contribution >= 4 is 0 Å². The van der Waals surface area contributed by atoms with Crippen LogP contribution in [0.5, 0.6) is 0 Å². The van der Waals surface area contributed by atoms with Crippen LogP contribution in [0.1, 0.15) is 44.4 Å². The smallest absolute Gasteiger partial charge is 0.230 e. The van der Waals surface area contributed by atoms with Crippen molar-refractivity contribution < 1.29 is 4.42 Å². The van der Waals surface area contributed by atoms with Gasteiger partial charge in [-0.2, -0.15) is 5.10 Å². The lowest BCUT2D eigenvalue weighted by molar-refractivity contribution is 0.141. The molecular weight excluding hydrogens is 268 g/mol. The molecule has 114 valence electrons. The largest absolute Gasteiger partial charge is 0.424 e. The van der Waals surface area contributed by atoms with E-state index >= 15 is 0 Å². The van der Waals surface area contributed by atoms with Gasteiger partial charge in [0.1, 0.15) is 12.7 Å². The predicted octanol–water partition coefficient (Wildman–Crippen LogP) is 1.70. The molecule has 0 aromatic carbocycles. The molecule has 7 nitrogen and oxygen atoms in total. The Morgan fingerprint density at radius 3 is 3.00 bits per heavy atom. The van der Waals surface area contributed by atoms with E-state index in [-0.39, 0.29) is 5.92 Å². The van der Waals surface area contributed by atoms with E-state index in [0.29, 0.717) is 5.92 Å². The average molecular weight is 290 g/mol. The Kier molecular flexibility index (Phi) is 4.28. The third-order valence-corrected chi connectivity index (χ3v) is 3.85. The second-order valence-corrected chi connectivity index (χ2v) is 6.05. The number of rotatable bonds is 5. The maximum absolute atomic E-state index is 5.70. The van der Waals surface area contributed by atoms with Gasteiger partial charge < -0.3 is 4.42 Å². The monoisotopic (exact) mass is 290 g/mol. The summed E-state index contributed by atoms with van der Waals surface area (Å²) in [6.07, 6.45) is 5.81. The van der Waals surface area contributed by atoms with Crippen molar-refractivity contribution in [2.75, 3.05) is 13.1 Å². The lowest BCUT2D eigenvalue weighted by Gasteiger charge is -2.31. The molecule has 7 heteroatoms. The van der Waals surface area contributed by atoms with Crippen molar-refractivity contribution in [1.29, 1.82) is 0 Å². The Hall–Kier alpha value is -1.76. The van der Waals surface area contributed by atoms with E-state index in [1.165, 1.54) is 12.8 Å². The van der Waals surface area contributed by atoms with Gasteiger partial charge in [-0.25, -0.2) is 4.98 Å². The Labute approximate surface area is 124 Å². The van der Waals surface area contributed by atoms with E-state index in [2.05, 4.69) is 39.0 Å². The summed E-state index contributed by atoms with van der Waals surface area (Å²) in [4.78, 5) is 6.39. The number of nitrogens with zero attached hydrogens (tertiary/aromatic N) is 6. The second-order valence-electron chi connectivity index (χ2n) is 6.05. The van der Waals surface area contributed by atoms with Crippen molar-refractivity contribution in [3.05, 3.63) is 24.4 Å². The summed E-state index contributed by atoms with van der Waals surface area (Å²) in [5.74, 6) is 2.34. The molecular formula is C14H22N6O. The van der Waals surface area contributed by atoms with Crippen LogP contribution in [0.3, 0.4) is 0 Å². The highest BCUT2D eigenvalue weighted by molar-refractivity contribution is 4.88. The summed E-state index contributed by atoms with van der Waals surface area (Å²) in [6.45, 7) is 7.93. The lowest BCUT2D eigenvalue weighted by atomic mass is 9.98. The summed E-state index contributed by atoms with van der Waals surface area (Å²) in [6, 6.07) is 0. The SMILES string of the molecule is CC(C)c1nnc(CN2CCCC(Cn3cncn3)C2)o1. The third-order valence-electron chi connectivity index (χ3n) is 3.85. The molecule has 0 aliphatic carbocycles. The van der Waals surface area contributed by atoms with E-state index in [0.717, 1.165) is 38.0 Å². The van der Waals surface area contributed by atoms with Crippen molar-refractivity contribution in [3.63, 3.8) is 0 Å². The number of aromatic nitrogens is 5. The van der Waals surface area contributed by atoms with Crippen molar-refractivity contribution in [1.82, 2.24) is 29.9 Å². The molecule has 0 bridgehead atoms. The molecule has 1 atom stereocenters. The summed E-state index contributed by atoms with van der Waals surface area (Å²) in [5.41, 5.74) is 0. The number of likely N-dealkylation sites (tertiary alicyclic amines) is 1. The average Bonchev–Trinajstić information content (AvgIpc) is 3.11. The molecule has 1 aliphatic heterocycles. The standard InChI is InChI=1S/C14H22N6O/c1-11(2)14-18-17-13(21-14)8-19-5-3-4-12(6-19)7-20-10-15-9-16-20/h9-12H,3-8H2,1-2H3. The molecule has 1 aliphatic rings. The Balaban J connectivity index is 1.55. The van der Waals surface area contributed by atoms with Crippen LogP contribution in [-0.2, 0) is 13.1 Å². The van der Waals surface area contributed by atoms with Crippen LogP contribution < -0.4 is 0 Å². The van der Waals surface area contributed by atoms with E-state index in [1.54, 1.807) is 12.7 Å². The highest BCUT2D eigenvalue weighted by Gasteiger charge is 2.22. The number of piperidine rings is 1. The molecule has 0 N–H and O–H groups in total. The first-order valence-electron chi connectivity index (χ1n) is 7.57. The van der Waals surface area contributed by atoms with Gasteiger partial charge in [-0.3, -0.25) is 9.58 Å². The Morgan fingerprint density at radius 2 is 2.29 bits per heavy atom. The minimum Gasteiger partial charge on any atom is -0.424 e.